The fourth-order valence-corrected chi connectivity index (χ4v) is 1.55. The average molecular weight is 354 g/mol. The van der Waals surface area contributed by atoms with Gasteiger partial charge in [0.05, 0.1) is 26.4 Å². The maximum Gasteiger partial charge on any atom is 0.365 e. The molecule has 0 fully saturated rings. The molecular weight excluding hydrogens is 328 g/mol. The molecule has 0 amide bonds. The molecule has 0 saturated heterocycles. The molecule has 0 aliphatic rings. The second kappa shape index (κ2) is 14.2. The van der Waals surface area contributed by atoms with Gasteiger partial charge in [-0.05, 0) is 31.2 Å². The summed E-state index contributed by atoms with van der Waals surface area (Å²) in [4.78, 5) is 30.7. The van der Waals surface area contributed by atoms with E-state index < -0.39 is 5.97 Å². The van der Waals surface area contributed by atoms with Crippen LogP contribution in [0.25, 0.3) is 0 Å². The maximum atomic E-state index is 11.1. The Morgan fingerprint density at radius 1 is 0.960 bits per heavy atom. The third-order valence-electron chi connectivity index (χ3n) is 2.75. The summed E-state index contributed by atoms with van der Waals surface area (Å²) in [5.74, 6) is 0.0643. The van der Waals surface area contributed by atoms with Gasteiger partial charge in [-0.15, -0.1) is 0 Å². The van der Waals surface area contributed by atoms with E-state index in [9.17, 15) is 9.59 Å². The van der Waals surface area contributed by atoms with Gasteiger partial charge in [0.25, 0.3) is 0 Å². The van der Waals surface area contributed by atoms with E-state index in [0.717, 1.165) is 6.08 Å². The summed E-state index contributed by atoms with van der Waals surface area (Å²) in [7, 11) is 0. The van der Waals surface area contributed by atoms with Crippen molar-refractivity contribution in [1.29, 1.82) is 0 Å². The molecule has 0 aliphatic carbocycles. The molecule has 0 bridgehead atoms. The van der Waals surface area contributed by atoms with Gasteiger partial charge >= 0.3 is 5.97 Å². The number of ether oxygens (including phenoxy) is 3. The lowest BCUT2D eigenvalue weighted by Gasteiger charge is -2.08. The first-order chi connectivity index (χ1) is 11.6. The van der Waals surface area contributed by atoms with Crippen LogP contribution in [0, 0.1) is 0 Å². The number of carbonyl (C=O) groups is 2. The van der Waals surface area contributed by atoms with E-state index in [-0.39, 0.29) is 26.4 Å². The Labute approximate surface area is 148 Å². The lowest BCUT2D eigenvalue weighted by atomic mass is 10.1. The number of hydrogen-bond donors (Lipinski definition) is 0. The second-order valence-electron chi connectivity index (χ2n) is 4.58. The molecule has 25 heavy (non-hydrogen) atoms. The Kier molecular flexibility index (Phi) is 12.9. The fraction of sp³-hybridized carbons (Fsp3) is 0.444. The molecule has 0 heterocycles. The van der Waals surface area contributed by atoms with Crippen molar-refractivity contribution < 1.29 is 33.6 Å². The van der Waals surface area contributed by atoms with Crippen LogP contribution in [0.5, 0.6) is 5.75 Å². The number of ketones is 1. The highest BCUT2D eigenvalue weighted by molar-refractivity contribution is 5.94. The Morgan fingerprint density at radius 2 is 1.52 bits per heavy atom. The van der Waals surface area contributed by atoms with Crippen LogP contribution in [0.3, 0.4) is 0 Å². The largest absolute Gasteiger partial charge is 0.491 e. The summed E-state index contributed by atoms with van der Waals surface area (Å²) in [5.41, 5.74) is 0.652. The van der Waals surface area contributed by atoms with Crippen molar-refractivity contribution in [2.45, 2.75) is 14.4 Å². The Bertz CT molecular complexity index is 511. The first-order valence-electron chi connectivity index (χ1n) is 7.48. The molecule has 0 atom stereocenters. The molecule has 7 heteroatoms. The monoisotopic (exact) mass is 354 g/mol. The van der Waals surface area contributed by atoms with Gasteiger partial charge in [0.15, 0.2) is 5.78 Å². The highest BCUT2D eigenvalue weighted by Crippen LogP contribution is 2.12. The summed E-state index contributed by atoms with van der Waals surface area (Å²) in [6.07, 6.45) is 1.01. The van der Waals surface area contributed by atoms with Gasteiger partial charge in [0, 0.05) is 11.6 Å². The SMILES string of the molecule is C.C=CC(=O)OOCCOCCOCCOc1ccc(C(C)=O)cc1. The highest BCUT2D eigenvalue weighted by Gasteiger charge is 2.00. The molecule has 0 unspecified atom stereocenters. The topological polar surface area (TPSA) is 80.3 Å². The van der Waals surface area contributed by atoms with Gasteiger partial charge in [-0.25, -0.2) is 4.79 Å². The van der Waals surface area contributed by atoms with Crippen molar-refractivity contribution in [3.05, 3.63) is 42.5 Å². The molecular formula is C18H26O7. The molecule has 0 saturated carbocycles. The second-order valence-corrected chi connectivity index (χ2v) is 4.58. The fourth-order valence-electron chi connectivity index (χ4n) is 1.55. The van der Waals surface area contributed by atoms with Crippen LogP contribution >= 0.6 is 0 Å². The van der Waals surface area contributed by atoms with Crippen molar-refractivity contribution in [2.24, 2.45) is 0 Å². The normalized spacial score (nSPS) is 9.80. The quantitative estimate of drug-likeness (QED) is 0.177. The molecule has 1 aromatic rings. The summed E-state index contributed by atoms with van der Waals surface area (Å²) in [6.45, 7) is 6.81. The first kappa shape index (κ1) is 22.8. The minimum absolute atomic E-state index is 0. The van der Waals surface area contributed by atoms with E-state index in [2.05, 4.69) is 16.4 Å². The standard InChI is InChI=1S/C17H22O7.CH4/c1-3-17(19)24-23-13-11-21-9-8-20-10-12-22-16-6-4-15(5-7-16)14(2)18;/h3-7H,1,8-13H2,2H3;1H4. The van der Waals surface area contributed by atoms with Crippen LogP contribution in [0.2, 0.25) is 0 Å². The van der Waals surface area contributed by atoms with E-state index in [1.807, 2.05) is 0 Å². The third kappa shape index (κ3) is 11.0. The Hall–Kier alpha value is -2.22. The predicted molar refractivity (Wildman–Crippen MR) is 92.6 cm³/mol. The van der Waals surface area contributed by atoms with E-state index in [1.54, 1.807) is 24.3 Å². The van der Waals surface area contributed by atoms with Crippen LogP contribution < -0.4 is 4.74 Å². The zero-order valence-corrected chi connectivity index (χ0v) is 13.7. The predicted octanol–water partition coefficient (Wildman–Crippen LogP) is 2.60. The van der Waals surface area contributed by atoms with Crippen LogP contribution in [0.4, 0.5) is 0 Å². The average Bonchev–Trinajstić information content (AvgIpc) is 2.59. The molecule has 0 aromatic heterocycles. The summed E-state index contributed by atoms with van der Waals surface area (Å²) in [5, 5.41) is 0. The van der Waals surface area contributed by atoms with Crippen molar-refractivity contribution in [1.82, 2.24) is 0 Å². The molecule has 140 valence electrons. The van der Waals surface area contributed by atoms with Gasteiger partial charge in [-0.3, -0.25) is 9.68 Å². The minimum Gasteiger partial charge on any atom is -0.491 e. The number of hydrogen-bond acceptors (Lipinski definition) is 7. The molecule has 1 rings (SSSR count). The molecule has 1 aromatic carbocycles. The molecule has 7 nitrogen and oxygen atoms in total. The Morgan fingerprint density at radius 3 is 2.08 bits per heavy atom. The van der Waals surface area contributed by atoms with Gasteiger partial charge in [-0.2, -0.15) is 4.89 Å². The van der Waals surface area contributed by atoms with Gasteiger partial charge < -0.3 is 14.2 Å². The summed E-state index contributed by atoms with van der Waals surface area (Å²) < 4.78 is 16.0. The molecule has 0 spiro atoms. The summed E-state index contributed by atoms with van der Waals surface area (Å²) in [6, 6.07) is 6.94. The number of carbonyl (C=O) groups excluding carboxylic acids is 2. The summed E-state index contributed by atoms with van der Waals surface area (Å²) >= 11 is 0. The van der Waals surface area contributed by atoms with Gasteiger partial charge in [0.1, 0.15) is 19.0 Å². The number of rotatable bonds is 13. The minimum atomic E-state index is -0.644. The van der Waals surface area contributed by atoms with Crippen molar-refractivity contribution in [3.63, 3.8) is 0 Å². The van der Waals surface area contributed by atoms with Crippen LogP contribution in [0.1, 0.15) is 24.7 Å². The first-order valence-corrected chi connectivity index (χ1v) is 7.48. The zero-order chi connectivity index (χ0) is 17.6. The van der Waals surface area contributed by atoms with Crippen molar-refractivity contribution >= 4 is 11.8 Å². The van der Waals surface area contributed by atoms with Gasteiger partial charge in [-0.1, -0.05) is 14.0 Å². The van der Waals surface area contributed by atoms with E-state index >= 15 is 0 Å². The van der Waals surface area contributed by atoms with Crippen LogP contribution in [0.15, 0.2) is 36.9 Å². The maximum absolute atomic E-state index is 11.1. The molecule has 0 N–H and O–H groups in total. The van der Waals surface area contributed by atoms with Crippen LogP contribution in [-0.4, -0.2) is 51.4 Å². The molecule has 0 radical (unpaired) electrons. The Balaban J connectivity index is 0.00000576. The van der Waals surface area contributed by atoms with E-state index in [4.69, 9.17) is 14.2 Å². The number of benzene rings is 1. The highest BCUT2D eigenvalue weighted by atomic mass is 17.2. The van der Waals surface area contributed by atoms with Gasteiger partial charge in [0.2, 0.25) is 0 Å². The van der Waals surface area contributed by atoms with E-state index in [0.29, 0.717) is 37.7 Å². The lowest BCUT2D eigenvalue weighted by Crippen LogP contribution is -2.13. The number of Topliss-reactive ketones (excluding diaryl/α,β-unsaturated/α-hetero) is 1. The van der Waals surface area contributed by atoms with E-state index in [1.165, 1.54) is 6.92 Å². The van der Waals surface area contributed by atoms with Crippen molar-refractivity contribution in [2.75, 3.05) is 39.6 Å². The van der Waals surface area contributed by atoms with Crippen molar-refractivity contribution in [3.8, 4) is 5.75 Å². The third-order valence-corrected chi connectivity index (χ3v) is 2.75. The zero-order valence-electron chi connectivity index (χ0n) is 13.7. The lowest BCUT2D eigenvalue weighted by molar-refractivity contribution is -0.271. The smallest absolute Gasteiger partial charge is 0.365 e. The van der Waals surface area contributed by atoms with Crippen LogP contribution in [-0.2, 0) is 24.0 Å². The molecule has 0 aliphatic heterocycles.